The van der Waals surface area contributed by atoms with Crippen LogP contribution in [0, 0.1) is 0 Å². The number of Topliss-reactive ketones (excluding diaryl/α,β-unsaturated/α-hetero) is 1. The van der Waals surface area contributed by atoms with Crippen molar-refractivity contribution < 1.29 is 29.0 Å². The highest BCUT2D eigenvalue weighted by Gasteiger charge is 2.22. The van der Waals surface area contributed by atoms with Gasteiger partial charge in [0.15, 0.2) is 5.78 Å². The third kappa shape index (κ3) is 11.2. The van der Waals surface area contributed by atoms with E-state index in [1.54, 1.807) is 25.2 Å². The Morgan fingerprint density at radius 1 is 1.16 bits per heavy atom. The average molecular weight is 528 g/mol. The van der Waals surface area contributed by atoms with Crippen LogP contribution < -0.4 is 10.9 Å². The molecule has 0 radical (unpaired) electrons. The summed E-state index contributed by atoms with van der Waals surface area (Å²) in [6.07, 6.45) is 14.6. The van der Waals surface area contributed by atoms with Crippen molar-refractivity contribution in [2.75, 3.05) is 7.11 Å². The van der Waals surface area contributed by atoms with Crippen LogP contribution in [0.1, 0.15) is 88.8 Å². The molecule has 0 saturated heterocycles. The van der Waals surface area contributed by atoms with Gasteiger partial charge in [0.25, 0.3) is 0 Å². The number of ketones is 1. The van der Waals surface area contributed by atoms with Crippen LogP contribution in [-0.2, 0) is 4.74 Å². The highest BCUT2D eigenvalue weighted by atomic mass is 16.5. The van der Waals surface area contributed by atoms with Crippen molar-refractivity contribution in [3.05, 3.63) is 87.2 Å². The maximum atomic E-state index is 12.9. The Hall–Kier alpha value is -3.65. The molecule has 1 amide bonds. The second-order valence-electron chi connectivity index (χ2n) is 9.21. The van der Waals surface area contributed by atoms with Gasteiger partial charge in [-0.15, -0.1) is 0 Å². The van der Waals surface area contributed by atoms with E-state index in [4.69, 9.17) is 4.42 Å². The lowest BCUT2D eigenvalue weighted by Crippen LogP contribution is -2.17. The monoisotopic (exact) mass is 527 g/mol. The van der Waals surface area contributed by atoms with E-state index in [0.717, 1.165) is 17.6 Å². The molecular weight excluding hydrogens is 486 g/mol. The van der Waals surface area contributed by atoms with Crippen LogP contribution in [0.25, 0.3) is 0 Å². The number of carbonyl (C=O) groups excluding carboxylic acids is 2. The minimum atomic E-state index is -0.892. The molecule has 0 aliphatic carbocycles. The first kappa shape index (κ1) is 32.4. The number of aromatic hydroxyl groups is 1. The number of aliphatic hydroxyl groups is 1. The van der Waals surface area contributed by atoms with Gasteiger partial charge in [0.1, 0.15) is 17.1 Å². The van der Waals surface area contributed by atoms with Gasteiger partial charge in [-0.05, 0) is 70.9 Å². The fourth-order valence-corrected chi connectivity index (χ4v) is 3.45. The molecule has 8 heteroatoms. The number of nitrogens with one attached hydrogen (secondary N) is 1. The topological polar surface area (TPSA) is 126 Å². The van der Waals surface area contributed by atoms with Crippen molar-refractivity contribution in [1.82, 2.24) is 5.32 Å². The van der Waals surface area contributed by atoms with Crippen LogP contribution >= 0.6 is 0 Å². The Morgan fingerprint density at radius 3 is 2.50 bits per heavy atom. The van der Waals surface area contributed by atoms with E-state index >= 15 is 0 Å². The Balaban J connectivity index is 2.82. The van der Waals surface area contributed by atoms with E-state index in [2.05, 4.69) is 10.1 Å². The molecule has 3 N–H and O–H groups in total. The van der Waals surface area contributed by atoms with Crippen LogP contribution in [0.4, 0.5) is 4.79 Å². The minimum Gasteiger partial charge on any atom is -0.507 e. The zero-order valence-corrected chi connectivity index (χ0v) is 23.2. The van der Waals surface area contributed by atoms with Crippen LogP contribution in [0.5, 0.6) is 5.75 Å². The zero-order valence-electron chi connectivity index (χ0n) is 23.2. The molecule has 2 unspecified atom stereocenters. The summed E-state index contributed by atoms with van der Waals surface area (Å²) in [5.74, 6) is -0.976. The number of allylic oxidation sites excluding steroid dienone is 8. The lowest BCUT2D eigenvalue weighted by Gasteiger charge is -2.11. The highest BCUT2D eigenvalue weighted by Crippen LogP contribution is 2.26. The second kappa shape index (κ2) is 17.0. The fraction of sp³-hybridized carbons (Fsp3) is 0.433. The molecule has 0 saturated carbocycles. The van der Waals surface area contributed by atoms with Gasteiger partial charge in [-0.2, -0.15) is 0 Å². The van der Waals surface area contributed by atoms with E-state index in [0.29, 0.717) is 25.7 Å². The normalized spacial score (nSPS) is 14.7. The third-order valence-electron chi connectivity index (χ3n) is 6.06. The Morgan fingerprint density at radius 2 is 1.87 bits per heavy atom. The quantitative estimate of drug-likeness (QED) is 0.113. The lowest BCUT2D eigenvalue weighted by atomic mass is 9.99. The molecule has 1 heterocycles. The number of amides is 1. The summed E-state index contributed by atoms with van der Waals surface area (Å²) in [5.41, 5.74) is 0.870. The van der Waals surface area contributed by atoms with Crippen LogP contribution in [-0.4, -0.2) is 35.3 Å². The van der Waals surface area contributed by atoms with E-state index in [9.17, 15) is 24.6 Å². The van der Waals surface area contributed by atoms with Crippen molar-refractivity contribution in [2.24, 2.45) is 0 Å². The molecule has 1 rings (SSSR count). The van der Waals surface area contributed by atoms with Crippen molar-refractivity contribution in [2.45, 2.75) is 78.7 Å². The molecule has 0 bridgehead atoms. The van der Waals surface area contributed by atoms with E-state index < -0.39 is 34.9 Å². The van der Waals surface area contributed by atoms with Gasteiger partial charge in [-0.1, -0.05) is 49.0 Å². The molecule has 1 aromatic rings. The maximum absolute atomic E-state index is 12.9. The summed E-state index contributed by atoms with van der Waals surface area (Å²) in [6.45, 7) is 9.16. The van der Waals surface area contributed by atoms with Crippen molar-refractivity contribution >= 4 is 11.9 Å². The van der Waals surface area contributed by atoms with E-state index in [-0.39, 0.29) is 17.3 Å². The van der Waals surface area contributed by atoms with Gasteiger partial charge in [0.2, 0.25) is 0 Å². The first-order chi connectivity index (χ1) is 18.0. The zero-order chi connectivity index (χ0) is 28.7. The molecule has 2 atom stereocenters. The molecule has 8 nitrogen and oxygen atoms in total. The third-order valence-corrected chi connectivity index (χ3v) is 6.06. The van der Waals surface area contributed by atoms with Crippen LogP contribution in [0.2, 0.25) is 0 Å². The van der Waals surface area contributed by atoms with E-state index in [1.165, 1.54) is 19.4 Å². The molecule has 0 aliphatic heterocycles. The molecule has 208 valence electrons. The summed E-state index contributed by atoms with van der Waals surface area (Å²) in [6, 6.07) is 1.30. The second-order valence-corrected chi connectivity index (χ2v) is 9.21. The first-order valence-electron chi connectivity index (χ1n) is 12.7. The minimum absolute atomic E-state index is 0.209. The van der Waals surface area contributed by atoms with Crippen LogP contribution in [0.3, 0.4) is 0 Å². The molecule has 1 aromatic heterocycles. The van der Waals surface area contributed by atoms with Gasteiger partial charge in [-0.3, -0.25) is 10.1 Å². The number of aliphatic hydroxyl groups excluding tert-OH is 1. The van der Waals surface area contributed by atoms with Crippen molar-refractivity contribution in [1.29, 1.82) is 0 Å². The standard InChI is InChI=1S/C30H41NO7/c1-7-8-9-12-21(3)24(32)17-15-20(2)14-16-23(5)28(34)27-25(33)19-26(38-29(27)35)22(4)13-10-11-18-31-30(36)37-6/h7-8,11-12,14,16,18-19,22,24,32-33H,9-10,13,15,17H2,1-6H3,(H,31,36). The number of carbonyl (C=O) groups is 2. The summed E-state index contributed by atoms with van der Waals surface area (Å²) in [7, 11) is 1.27. The summed E-state index contributed by atoms with van der Waals surface area (Å²) < 4.78 is 9.82. The summed E-state index contributed by atoms with van der Waals surface area (Å²) in [4.78, 5) is 36.4. The highest BCUT2D eigenvalue weighted by molar-refractivity contribution is 6.09. The predicted molar refractivity (Wildman–Crippen MR) is 149 cm³/mol. The van der Waals surface area contributed by atoms with Gasteiger partial charge in [0, 0.05) is 18.2 Å². The molecular formula is C30H41NO7. The van der Waals surface area contributed by atoms with Gasteiger partial charge >= 0.3 is 11.7 Å². The first-order valence-corrected chi connectivity index (χ1v) is 12.7. The average Bonchev–Trinajstić information content (AvgIpc) is 2.89. The predicted octanol–water partition coefficient (Wildman–Crippen LogP) is 6.23. The smallest absolute Gasteiger partial charge is 0.410 e. The fourth-order valence-electron chi connectivity index (χ4n) is 3.45. The number of ether oxygens (including phenoxy) is 1. The molecule has 0 fully saturated rings. The number of rotatable bonds is 14. The summed E-state index contributed by atoms with van der Waals surface area (Å²) >= 11 is 0. The van der Waals surface area contributed by atoms with E-state index in [1.807, 2.05) is 45.9 Å². The van der Waals surface area contributed by atoms with Crippen LogP contribution in [0.15, 0.2) is 74.7 Å². The maximum Gasteiger partial charge on any atom is 0.410 e. The Kier molecular flexibility index (Phi) is 14.5. The number of methoxy groups -OCH3 is 1. The SMILES string of the molecule is CC=CCC=C(C)C(O)CCC(C)=CC=C(C)C(=O)c1c(O)cc(C(C)CCC=CNC(=O)OC)oc1=O. The van der Waals surface area contributed by atoms with Gasteiger partial charge in [-0.25, -0.2) is 9.59 Å². The van der Waals surface area contributed by atoms with Crippen molar-refractivity contribution in [3.8, 4) is 5.75 Å². The Labute approximate surface area is 225 Å². The number of alkyl carbamates (subject to hydrolysis) is 1. The molecule has 38 heavy (non-hydrogen) atoms. The Bertz CT molecular complexity index is 1150. The molecule has 0 aliphatic rings. The lowest BCUT2D eigenvalue weighted by molar-refractivity contribution is 0.102. The largest absolute Gasteiger partial charge is 0.507 e. The molecule has 0 spiro atoms. The van der Waals surface area contributed by atoms with Gasteiger partial charge < -0.3 is 19.4 Å². The number of hydrogen-bond acceptors (Lipinski definition) is 7. The summed E-state index contributed by atoms with van der Waals surface area (Å²) in [5, 5.41) is 23.2. The number of hydrogen-bond donors (Lipinski definition) is 3. The van der Waals surface area contributed by atoms with Crippen molar-refractivity contribution in [3.63, 3.8) is 0 Å². The van der Waals surface area contributed by atoms with Gasteiger partial charge in [0.05, 0.1) is 13.2 Å². The molecule has 0 aromatic carbocycles.